The second-order valence-electron chi connectivity index (χ2n) is 18.3. The Kier molecular flexibility index (Phi) is 23.1. The maximum absolute atomic E-state index is 13.7. The van der Waals surface area contributed by atoms with Crippen molar-refractivity contribution < 1.29 is 32.8 Å². The molecule has 6 rings (SSSR count). The van der Waals surface area contributed by atoms with E-state index in [9.17, 15) is 14.3 Å². The number of esters is 1. The minimum atomic E-state index is -4.67. The summed E-state index contributed by atoms with van der Waals surface area (Å²) in [5.41, 5.74) is 3.72. The van der Waals surface area contributed by atoms with Crippen LogP contribution in [0.3, 0.4) is 0 Å². The quantitative estimate of drug-likeness (QED) is 0.0178. The summed E-state index contributed by atoms with van der Waals surface area (Å²) < 4.78 is 38.2. The van der Waals surface area contributed by atoms with Gasteiger partial charge in [0.15, 0.2) is 0 Å². The summed E-state index contributed by atoms with van der Waals surface area (Å²) in [6.45, 7) is 1.74. The first-order valence-corrected chi connectivity index (χ1v) is 27.4. The summed E-state index contributed by atoms with van der Waals surface area (Å²) in [5.74, 6) is -0.409. The van der Waals surface area contributed by atoms with Crippen molar-refractivity contribution in [2.45, 2.75) is 127 Å². The normalized spacial score (nSPS) is 13.1. The molecular formula is C61H76NO7P. The van der Waals surface area contributed by atoms with Gasteiger partial charge in [0.05, 0.1) is 25.4 Å². The molecule has 6 aromatic rings. The number of carbonyl (C=O) groups excluding carboxylic acids is 1. The van der Waals surface area contributed by atoms with Gasteiger partial charge in [-0.15, -0.1) is 0 Å². The fourth-order valence-electron chi connectivity index (χ4n) is 9.47. The Bertz CT molecular complexity index is 2160. The van der Waals surface area contributed by atoms with Crippen molar-refractivity contribution in [3.8, 4) is 0 Å². The van der Waals surface area contributed by atoms with E-state index in [0.717, 1.165) is 52.6 Å². The minimum absolute atomic E-state index is 0.140. The number of phosphoric ester groups is 1. The van der Waals surface area contributed by atoms with Crippen molar-refractivity contribution in [2.24, 2.45) is 0 Å². The van der Waals surface area contributed by atoms with Crippen molar-refractivity contribution in [3.63, 3.8) is 0 Å². The molecule has 0 aliphatic rings. The molecule has 0 aromatic heterocycles. The lowest BCUT2D eigenvalue weighted by molar-refractivity contribution is -0.157. The lowest BCUT2D eigenvalue weighted by atomic mass is 9.77. The fourth-order valence-corrected chi connectivity index (χ4v) is 10.2. The largest absolute Gasteiger partial charge is 0.472 e. The Balaban J connectivity index is 1.10. The van der Waals surface area contributed by atoms with Crippen LogP contribution in [0.25, 0.3) is 0 Å². The van der Waals surface area contributed by atoms with E-state index in [-0.39, 0.29) is 26.2 Å². The molecule has 0 saturated heterocycles. The zero-order valence-electron chi connectivity index (χ0n) is 41.4. The molecule has 70 heavy (non-hydrogen) atoms. The van der Waals surface area contributed by atoms with E-state index in [0.29, 0.717) is 6.42 Å². The zero-order chi connectivity index (χ0) is 49.0. The number of benzene rings is 6. The SMILES string of the molecule is CCCCCCCCCCCCCCCCCC(=O)O[C@H](COC(c1ccccc1)(c1ccccc1)c1ccccc1)COP(=O)(O)OCCNC(c1ccccc1)(c1ccccc1)c1ccccc1. The monoisotopic (exact) mass is 966 g/mol. The molecule has 1 unspecified atom stereocenters. The Morgan fingerprint density at radius 1 is 0.486 bits per heavy atom. The average Bonchev–Trinajstić information content (AvgIpc) is 3.41. The Morgan fingerprint density at radius 3 is 1.20 bits per heavy atom. The van der Waals surface area contributed by atoms with Crippen LogP contribution in [-0.4, -0.2) is 43.3 Å². The number of ether oxygens (including phenoxy) is 2. The van der Waals surface area contributed by atoms with Crippen LogP contribution >= 0.6 is 7.82 Å². The van der Waals surface area contributed by atoms with E-state index in [1.807, 2.05) is 146 Å². The van der Waals surface area contributed by atoms with E-state index >= 15 is 0 Å². The summed E-state index contributed by atoms with van der Waals surface area (Å²) >= 11 is 0. The molecule has 2 atom stereocenters. The van der Waals surface area contributed by atoms with Gasteiger partial charge in [0.2, 0.25) is 0 Å². The van der Waals surface area contributed by atoms with Crippen LogP contribution in [-0.2, 0) is 39.0 Å². The highest BCUT2D eigenvalue weighted by molar-refractivity contribution is 7.47. The van der Waals surface area contributed by atoms with Gasteiger partial charge in [-0.2, -0.15) is 0 Å². The van der Waals surface area contributed by atoms with Gasteiger partial charge in [0, 0.05) is 13.0 Å². The minimum Gasteiger partial charge on any atom is -0.457 e. The second kappa shape index (κ2) is 29.9. The van der Waals surface area contributed by atoms with E-state index in [2.05, 4.69) is 48.6 Å². The lowest BCUT2D eigenvalue weighted by Gasteiger charge is -2.37. The molecule has 0 fully saturated rings. The molecule has 0 saturated carbocycles. The van der Waals surface area contributed by atoms with Crippen LogP contribution < -0.4 is 5.32 Å². The maximum Gasteiger partial charge on any atom is 0.472 e. The van der Waals surface area contributed by atoms with Crippen molar-refractivity contribution in [1.82, 2.24) is 5.32 Å². The van der Waals surface area contributed by atoms with E-state index in [4.69, 9.17) is 18.5 Å². The lowest BCUT2D eigenvalue weighted by Crippen LogP contribution is -2.46. The number of hydrogen-bond acceptors (Lipinski definition) is 7. The molecule has 0 radical (unpaired) electrons. The summed E-state index contributed by atoms with van der Waals surface area (Å²) in [5, 5.41) is 3.68. The molecule has 2 N–H and O–H groups in total. The van der Waals surface area contributed by atoms with Gasteiger partial charge in [0.1, 0.15) is 11.7 Å². The number of rotatable bonds is 34. The molecule has 0 aliphatic heterocycles. The molecule has 9 heteroatoms. The van der Waals surface area contributed by atoms with E-state index < -0.39 is 37.6 Å². The van der Waals surface area contributed by atoms with Gasteiger partial charge in [-0.05, 0) is 39.8 Å². The Hall–Kier alpha value is -5.18. The van der Waals surface area contributed by atoms with Gasteiger partial charge in [0.25, 0.3) is 0 Å². The Labute approximate surface area is 418 Å². The van der Waals surface area contributed by atoms with Crippen LogP contribution in [0.2, 0.25) is 0 Å². The molecule has 6 aromatic carbocycles. The number of nitrogens with one attached hydrogen (secondary N) is 1. The van der Waals surface area contributed by atoms with Gasteiger partial charge in [-0.25, -0.2) is 4.57 Å². The van der Waals surface area contributed by atoms with Crippen LogP contribution in [0.4, 0.5) is 0 Å². The van der Waals surface area contributed by atoms with Crippen molar-refractivity contribution >= 4 is 13.8 Å². The van der Waals surface area contributed by atoms with Crippen LogP contribution in [0.5, 0.6) is 0 Å². The molecule has 0 bridgehead atoms. The molecule has 0 heterocycles. The standard InChI is InChI=1S/C61H76NO7P/c1-2-3-4-5-6-7-8-9-10-11-12-13-14-15-34-47-59(63)69-58(50-66-61(55-41-28-19-29-42-55,56-43-30-20-31-44-56)57-45-32-21-33-46-57)51-68-70(64,65)67-49-48-62-60(52-35-22-16-23-36-52,53-37-24-17-25-38-53)54-39-26-18-27-40-54/h16-33,35-46,58,62H,2-15,34,47-51H2,1H3,(H,64,65)/t58-/m1/s1. The van der Waals surface area contributed by atoms with Crippen molar-refractivity contribution in [1.29, 1.82) is 0 Å². The van der Waals surface area contributed by atoms with Gasteiger partial charge >= 0.3 is 13.8 Å². The summed E-state index contributed by atoms with van der Waals surface area (Å²) in [6.07, 6.45) is 17.6. The van der Waals surface area contributed by atoms with Crippen LogP contribution in [0.15, 0.2) is 182 Å². The number of hydrogen-bond donors (Lipinski definition) is 2. The summed E-state index contributed by atoms with van der Waals surface area (Å²) in [7, 11) is -4.67. The first-order valence-electron chi connectivity index (χ1n) is 25.9. The fraction of sp³-hybridized carbons (Fsp3) is 0.393. The van der Waals surface area contributed by atoms with Gasteiger partial charge in [-0.1, -0.05) is 279 Å². The van der Waals surface area contributed by atoms with E-state index in [1.54, 1.807) is 0 Å². The summed E-state index contributed by atoms with van der Waals surface area (Å²) in [4.78, 5) is 24.8. The number of unbranched alkanes of at least 4 members (excludes halogenated alkanes) is 14. The predicted octanol–water partition coefficient (Wildman–Crippen LogP) is 14.9. The second-order valence-corrected chi connectivity index (χ2v) is 19.7. The van der Waals surface area contributed by atoms with E-state index in [1.165, 1.54) is 70.6 Å². The highest BCUT2D eigenvalue weighted by atomic mass is 31.2. The highest BCUT2D eigenvalue weighted by Crippen LogP contribution is 2.45. The third kappa shape index (κ3) is 16.4. The first kappa shape index (κ1) is 54.2. The van der Waals surface area contributed by atoms with Crippen LogP contribution in [0.1, 0.15) is 143 Å². The highest BCUT2D eigenvalue weighted by Gasteiger charge is 2.40. The third-order valence-electron chi connectivity index (χ3n) is 13.1. The average molecular weight is 966 g/mol. The number of carbonyl (C=O) groups is 1. The molecule has 0 amide bonds. The smallest absolute Gasteiger partial charge is 0.457 e. The van der Waals surface area contributed by atoms with Crippen molar-refractivity contribution in [2.75, 3.05) is 26.4 Å². The van der Waals surface area contributed by atoms with Crippen molar-refractivity contribution in [3.05, 3.63) is 215 Å². The molecule has 8 nitrogen and oxygen atoms in total. The van der Waals surface area contributed by atoms with Gasteiger partial charge in [-0.3, -0.25) is 19.2 Å². The number of phosphoric acid groups is 1. The third-order valence-corrected chi connectivity index (χ3v) is 14.1. The Morgan fingerprint density at radius 2 is 0.829 bits per heavy atom. The maximum atomic E-state index is 13.7. The zero-order valence-corrected chi connectivity index (χ0v) is 42.3. The molecule has 372 valence electrons. The molecule has 0 aliphatic carbocycles. The predicted molar refractivity (Wildman–Crippen MR) is 284 cm³/mol. The molecular weight excluding hydrogens is 890 g/mol. The van der Waals surface area contributed by atoms with Gasteiger partial charge < -0.3 is 14.4 Å². The topological polar surface area (TPSA) is 103 Å². The first-order chi connectivity index (χ1) is 34.4. The van der Waals surface area contributed by atoms with Crippen LogP contribution in [0, 0.1) is 0 Å². The summed E-state index contributed by atoms with van der Waals surface area (Å²) in [6, 6.07) is 60.1. The molecule has 0 spiro atoms.